The molecular weight excluding hydrogens is 244 g/mol. The largest absolute Gasteiger partial charge is 0.229 e. The van der Waals surface area contributed by atoms with Crippen molar-refractivity contribution in [3.8, 4) is 0 Å². The Hall–Kier alpha value is -0.0500. The normalized spacial score (nSPS) is 21.1. The first-order valence-corrected chi connectivity index (χ1v) is 9.46. The molecule has 1 aliphatic rings. The highest BCUT2D eigenvalue weighted by Gasteiger charge is 2.36. The fourth-order valence-corrected chi connectivity index (χ4v) is 4.77. The molecule has 0 aromatic carbocycles. The van der Waals surface area contributed by atoms with Crippen molar-refractivity contribution in [2.45, 2.75) is 72.1 Å². The van der Waals surface area contributed by atoms with Gasteiger partial charge in [-0.15, -0.1) is 0 Å². The molecule has 0 aromatic heterocycles. The van der Waals surface area contributed by atoms with E-state index < -0.39 is 9.84 Å². The summed E-state index contributed by atoms with van der Waals surface area (Å²) in [6.45, 7) is 6.89. The van der Waals surface area contributed by atoms with Gasteiger partial charge in [0.2, 0.25) is 0 Å². The Bertz CT molecular complexity index is 310. The Morgan fingerprint density at radius 3 is 1.83 bits per heavy atom. The van der Waals surface area contributed by atoms with Gasteiger partial charge in [-0.1, -0.05) is 46.5 Å². The van der Waals surface area contributed by atoms with E-state index in [9.17, 15) is 8.42 Å². The predicted octanol–water partition coefficient (Wildman–Crippen LogP) is 4.20. The number of sulfone groups is 1. The quantitative estimate of drug-likeness (QED) is 0.697. The van der Waals surface area contributed by atoms with E-state index in [4.69, 9.17) is 0 Å². The van der Waals surface area contributed by atoms with Gasteiger partial charge in [0.1, 0.15) is 9.84 Å². The first-order chi connectivity index (χ1) is 8.43. The third-order valence-electron chi connectivity index (χ3n) is 4.74. The van der Waals surface area contributed by atoms with E-state index in [0.29, 0.717) is 22.8 Å². The highest BCUT2D eigenvalue weighted by Crippen LogP contribution is 2.43. The summed E-state index contributed by atoms with van der Waals surface area (Å²) in [5.41, 5.74) is 0.377. The molecule has 0 N–H and O–H groups in total. The number of hydrogen-bond donors (Lipinski definition) is 0. The van der Waals surface area contributed by atoms with Crippen LogP contribution in [0.15, 0.2) is 0 Å². The zero-order chi connectivity index (χ0) is 13.6. The lowest BCUT2D eigenvalue weighted by Gasteiger charge is -2.40. The lowest BCUT2D eigenvalue weighted by molar-refractivity contribution is 0.133. The van der Waals surface area contributed by atoms with Gasteiger partial charge in [0, 0.05) is 0 Å². The van der Waals surface area contributed by atoms with Gasteiger partial charge in [-0.25, -0.2) is 8.42 Å². The molecule has 1 fully saturated rings. The molecule has 1 heterocycles. The van der Waals surface area contributed by atoms with Gasteiger partial charge in [0.25, 0.3) is 0 Å². The Labute approximate surface area is 113 Å². The lowest BCUT2D eigenvalue weighted by Crippen LogP contribution is -2.35. The smallest absolute Gasteiger partial charge is 0.150 e. The minimum Gasteiger partial charge on any atom is -0.229 e. The van der Waals surface area contributed by atoms with Gasteiger partial charge in [0.15, 0.2) is 0 Å². The third kappa shape index (κ3) is 4.56. The van der Waals surface area contributed by atoms with Crippen LogP contribution < -0.4 is 0 Å². The van der Waals surface area contributed by atoms with Crippen molar-refractivity contribution in [2.24, 2.45) is 11.3 Å². The minimum atomic E-state index is -2.72. The van der Waals surface area contributed by atoms with Crippen LogP contribution in [-0.2, 0) is 9.84 Å². The second-order valence-electron chi connectivity index (χ2n) is 6.29. The van der Waals surface area contributed by atoms with Crippen molar-refractivity contribution >= 4 is 9.84 Å². The van der Waals surface area contributed by atoms with Gasteiger partial charge < -0.3 is 0 Å². The van der Waals surface area contributed by atoms with E-state index in [-0.39, 0.29) is 0 Å². The Morgan fingerprint density at radius 1 is 1.00 bits per heavy atom. The fourth-order valence-electron chi connectivity index (χ4n) is 3.28. The van der Waals surface area contributed by atoms with Gasteiger partial charge in [-0.2, -0.15) is 0 Å². The summed E-state index contributed by atoms with van der Waals surface area (Å²) in [5.74, 6) is 1.47. The monoisotopic (exact) mass is 274 g/mol. The van der Waals surface area contributed by atoms with Gasteiger partial charge in [0.05, 0.1) is 11.5 Å². The fraction of sp³-hybridized carbons (Fsp3) is 1.00. The maximum atomic E-state index is 11.6. The number of rotatable bonds is 7. The van der Waals surface area contributed by atoms with Crippen molar-refractivity contribution in [1.29, 1.82) is 0 Å². The molecule has 1 aliphatic heterocycles. The number of hydrogen-bond acceptors (Lipinski definition) is 2. The molecule has 0 radical (unpaired) electrons. The van der Waals surface area contributed by atoms with Gasteiger partial charge in [-0.3, -0.25) is 0 Å². The highest BCUT2D eigenvalue weighted by molar-refractivity contribution is 7.91. The molecule has 0 aromatic rings. The van der Waals surface area contributed by atoms with E-state index in [1.165, 1.54) is 38.5 Å². The summed E-state index contributed by atoms with van der Waals surface area (Å²) >= 11 is 0. The highest BCUT2D eigenvalue weighted by atomic mass is 32.2. The summed E-state index contributed by atoms with van der Waals surface area (Å²) in [7, 11) is -2.72. The van der Waals surface area contributed by atoms with Crippen molar-refractivity contribution < 1.29 is 8.42 Å². The van der Waals surface area contributed by atoms with Crippen LogP contribution in [0.3, 0.4) is 0 Å². The summed E-state index contributed by atoms with van der Waals surface area (Å²) < 4.78 is 23.1. The molecule has 0 bridgehead atoms. The van der Waals surface area contributed by atoms with Crippen LogP contribution in [0, 0.1) is 11.3 Å². The summed E-state index contributed by atoms with van der Waals surface area (Å²) in [5, 5.41) is 0. The average Bonchev–Trinajstić information content (AvgIpc) is 2.33. The second-order valence-corrected chi connectivity index (χ2v) is 8.59. The zero-order valence-corrected chi connectivity index (χ0v) is 13.2. The van der Waals surface area contributed by atoms with Crippen LogP contribution in [0.4, 0.5) is 0 Å². The third-order valence-corrected chi connectivity index (χ3v) is 6.46. The van der Waals surface area contributed by atoms with Crippen LogP contribution in [0.2, 0.25) is 0 Å². The zero-order valence-electron chi connectivity index (χ0n) is 12.4. The van der Waals surface area contributed by atoms with Crippen molar-refractivity contribution in [3.05, 3.63) is 0 Å². The minimum absolute atomic E-state index is 0.377. The second kappa shape index (κ2) is 6.93. The Morgan fingerprint density at radius 2 is 1.44 bits per heavy atom. The molecule has 0 saturated carbocycles. The van der Waals surface area contributed by atoms with Crippen LogP contribution in [0.1, 0.15) is 72.1 Å². The molecular formula is C15H30O2S. The molecule has 0 unspecified atom stereocenters. The molecule has 0 aliphatic carbocycles. The molecule has 1 saturated heterocycles. The van der Waals surface area contributed by atoms with Crippen molar-refractivity contribution in [1.82, 2.24) is 0 Å². The van der Waals surface area contributed by atoms with Crippen LogP contribution in [-0.4, -0.2) is 19.9 Å². The number of unbranched alkanes of at least 4 members (excludes halogenated alkanes) is 2. The first kappa shape index (κ1) is 16.0. The van der Waals surface area contributed by atoms with E-state index in [1.54, 1.807) is 0 Å². The molecule has 3 heteroatoms. The standard InChI is InChI=1S/C15H30O2S/c1-4-6-10-15(3,11-7-5-2)14-8-12-18(16,17)13-9-14/h14H,4-13H2,1-3H3. The van der Waals surface area contributed by atoms with Crippen LogP contribution in [0.5, 0.6) is 0 Å². The summed E-state index contributed by atoms with van der Waals surface area (Å²) in [4.78, 5) is 0. The van der Waals surface area contributed by atoms with E-state index in [0.717, 1.165) is 12.8 Å². The van der Waals surface area contributed by atoms with E-state index in [1.807, 2.05) is 0 Å². The van der Waals surface area contributed by atoms with Crippen LogP contribution in [0.25, 0.3) is 0 Å². The Balaban J connectivity index is 2.64. The molecule has 2 nitrogen and oxygen atoms in total. The van der Waals surface area contributed by atoms with Crippen LogP contribution >= 0.6 is 0 Å². The van der Waals surface area contributed by atoms with Crippen molar-refractivity contribution in [2.75, 3.05) is 11.5 Å². The SMILES string of the molecule is CCCCC(C)(CCCC)C1CCS(=O)(=O)CC1. The topological polar surface area (TPSA) is 34.1 Å². The molecule has 1 rings (SSSR count). The maximum Gasteiger partial charge on any atom is 0.150 e. The summed E-state index contributed by atoms with van der Waals surface area (Å²) in [6, 6.07) is 0. The first-order valence-electron chi connectivity index (χ1n) is 7.64. The van der Waals surface area contributed by atoms with Crippen molar-refractivity contribution in [3.63, 3.8) is 0 Å². The van der Waals surface area contributed by atoms with E-state index in [2.05, 4.69) is 20.8 Å². The predicted molar refractivity (Wildman–Crippen MR) is 78.5 cm³/mol. The van der Waals surface area contributed by atoms with Gasteiger partial charge in [-0.05, 0) is 37.0 Å². The molecule has 0 atom stereocenters. The molecule has 18 heavy (non-hydrogen) atoms. The maximum absolute atomic E-state index is 11.6. The van der Waals surface area contributed by atoms with E-state index >= 15 is 0 Å². The lowest BCUT2D eigenvalue weighted by atomic mass is 9.68. The molecule has 0 amide bonds. The average molecular weight is 274 g/mol. The molecule has 108 valence electrons. The molecule has 0 spiro atoms. The summed E-state index contributed by atoms with van der Waals surface area (Å²) in [6.07, 6.45) is 9.38. The Kier molecular flexibility index (Phi) is 6.16. The van der Waals surface area contributed by atoms with Gasteiger partial charge >= 0.3 is 0 Å².